The Labute approximate surface area is 75.9 Å². The van der Waals surface area contributed by atoms with Gasteiger partial charge in [-0.2, -0.15) is 0 Å². The van der Waals surface area contributed by atoms with Crippen molar-refractivity contribution in [1.82, 2.24) is 15.1 Å². The molecule has 1 aromatic heterocycles. The second-order valence-electron chi connectivity index (χ2n) is 3.89. The second-order valence-corrected chi connectivity index (χ2v) is 3.89. The lowest BCUT2D eigenvalue weighted by Crippen LogP contribution is -2.27. The number of H-pyrrole nitrogens is 1. The summed E-state index contributed by atoms with van der Waals surface area (Å²) in [6.45, 7) is 1.74. The van der Waals surface area contributed by atoms with Gasteiger partial charge >= 0.3 is 0 Å². The fraction of sp³-hybridized carbons (Fsp3) is 0.667. The number of nitrogens with zero attached hydrogens (tertiary/aromatic N) is 1. The highest BCUT2D eigenvalue weighted by atomic mass is 16.1. The molecule has 4 heteroatoms. The Morgan fingerprint density at radius 1 is 1.38 bits per heavy atom. The highest BCUT2D eigenvalue weighted by Crippen LogP contribution is 2.35. The van der Waals surface area contributed by atoms with Gasteiger partial charge in [0.05, 0.1) is 11.6 Å². The van der Waals surface area contributed by atoms with E-state index in [-0.39, 0.29) is 5.56 Å². The molecule has 0 unspecified atom stereocenters. The van der Waals surface area contributed by atoms with Crippen molar-refractivity contribution in [3.05, 3.63) is 21.6 Å². The van der Waals surface area contributed by atoms with E-state index in [2.05, 4.69) is 15.1 Å². The monoisotopic (exact) mass is 179 g/mol. The zero-order chi connectivity index (χ0) is 8.84. The zero-order valence-corrected chi connectivity index (χ0v) is 7.47. The van der Waals surface area contributed by atoms with E-state index in [4.69, 9.17) is 0 Å². The Balaban J connectivity index is 2.14. The summed E-state index contributed by atoms with van der Waals surface area (Å²) in [5.41, 5.74) is 2.30. The van der Waals surface area contributed by atoms with Crippen LogP contribution in [0.25, 0.3) is 0 Å². The van der Waals surface area contributed by atoms with Crippen LogP contribution >= 0.6 is 0 Å². The van der Waals surface area contributed by atoms with Crippen molar-refractivity contribution in [3.63, 3.8) is 0 Å². The van der Waals surface area contributed by atoms with Crippen molar-refractivity contribution in [2.75, 3.05) is 6.54 Å². The van der Waals surface area contributed by atoms with Gasteiger partial charge in [0.1, 0.15) is 0 Å². The van der Waals surface area contributed by atoms with Crippen molar-refractivity contribution >= 4 is 0 Å². The normalized spacial score (nSPS) is 21.5. The lowest BCUT2D eigenvalue weighted by Gasteiger charge is -2.14. The number of rotatable bonds is 1. The first-order valence-electron chi connectivity index (χ1n) is 4.89. The van der Waals surface area contributed by atoms with Crippen molar-refractivity contribution in [2.45, 2.75) is 31.8 Å². The number of aromatic amines is 1. The molecule has 3 rings (SSSR count). The topological polar surface area (TPSA) is 49.8 Å². The van der Waals surface area contributed by atoms with E-state index < -0.39 is 0 Å². The van der Waals surface area contributed by atoms with Gasteiger partial charge in [0, 0.05) is 25.2 Å². The summed E-state index contributed by atoms with van der Waals surface area (Å²) < 4.78 is 2.10. The van der Waals surface area contributed by atoms with Crippen LogP contribution in [0.2, 0.25) is 0 Å². The molecule has 2 N–H and O–H groups in total. The molecule has 1 aliphatic heterocycles. The van der Waals surface area contributed by atoms with Gasteiger partial charge in [-0.25, -0.2) is 0 Å². The molecule has 1 aliphatic carbocycles. The molecular formula is C9H13N3O. The Bertz CT molecular complexity index is 386. The lowest BCUT2D eigenvalue weighted by molar-refractivity contribution is 0.562. The van der Waals surface area contributed by atoms with Crippen LogP contribution in [0.3, 0.4) is 0 Å². The van der Waals surface area contributed by atoms with Gasteiger partial charge in [-0.15, -0.1) is 0 Å². The Kier molecular flexibility index (Phi) is 1.41. The second kappa shape index (κ2) is 2.48. The highest BCUT2D eigenvalue weighted by Gasteiger charge is 2.29. The largest absolute Gasteiger partial charge is 0.312 e. The molecule has 0 bridgehead atoms. The minimum atomic E-state index is 0.106. The minimum absolute atomic E-state index is 0.106. The molecule has 1 fully saturated rings. The summed E-state index contributed by atoms with van der Waals surface area (Å²) in [5, 5.41) is 6.16. The molecule has 1 saturated carbocycles. The standard InChI is InChI=1S/C9H13N3O/c13-9-7-5-10-4-3-8(7)12(11-9)6-1-2-6/h6,10H,1-5H2,(H,11,13). The third-order valence-corrected chi connectivity index (χ3v) is 2.89. The molecule has 0 amide bonds. The van der Waals surface area contributed by atoms with Crippen molar-refractivity contribution in [1.29, 1.82) is 0 Å². The Morgan fingerprint density at radius 2 is 2.23 bits per heavy atom. The van der Waals surface area contributed by atoms with Gasteiger partial charge in [-0.05, 0) is 12.8 Å². The van der Waals surface area contributed by atoms with E-state index in [1.54, 1.807) is 0 Å². The van der Waals surface area contributed by atoms with Gasteiger partial charge in [-0.3, -0.25) is 14.6 Å². The van der Waals surface area contributed by atoms with Gasteiger partial charge in [-0.1, -0.05) is 0 Å². The molecule has 2 heterocycles. The third kappa shape index (κ3) is 1.05. The molecule has 13 heavy (non-hydrogen) atoms. The smallest absolute Gasteiger partial charge is 0.268 e. The fourth-order valence-corrected chi connectivity index (χ4v) is 2.04. The van der Waals surface area contributed by atoms with Gasteiger partial charge < -0.3 is 5.32 Å². The predicted octanol–water partition coefficient (Wildman–Crippen LogP) is 0.157. The first-order valence-corrected chi connectivity index (χ1v) is 4.89. The molecule has 0 radical (unpaired) electrons. The summed E-state index contributed by atoms with van der Waals surface area (Å²) >= 11 is 0. The van der Waals surface area contributed by atoms with Crippen LogP contribution in [0.4, 0.5) is 0 Å². The average Bonchev–Trinajstić information content (AvgIpc) is 2.94. The van der Waals surface area contributed by atoms with Crippen LogP contribution in [-0.4, -0.2) is 16.3 Å². The number of aromatic nitrogens is 2. The maximum Gasteiger partial charge on any atom is 0.268 e. The van der Waals surface area contributed by atoms with Gasteiger partial charge in [0.25, 0.3) is 5.56 Å². The van der Waals surface area contributed by atoms with E-state index in [0.29, 0.717) is 6.04 Å². The van der Waals surface area contributed by atoms with Crippen LogP contribution < -0.4 is 10.9 Å². The molecule has 0 aromatic carbocycles. The predicted molar refractivity (Wildman–Crippen MR) is 48.7 cm³/mol. The molecule has 1 aromatic rings. The van der Waals surface area contributed by atoms with Crippen molar-refractivity contribution < 1.29 is 0 Å². The number of fused-ring (bicyclic) bond motifs is 1. The molecule has 2 aliphatic rings. The molecule has 4 nitrogen and oxygen atoms in total. The van der Waals surface area contributed by atoms with E-state index in [9.17, 15) is 4.79 Å². The minimum Gasteiger partial charge on any atom is -0.312 e. The van der Waals surface area contributed by atoms with Crippen LogP contribution in [0.15, 0.2) is 4.79 Å². The lowest BCUT2D eigenvalue weighted by atomic mass is 10.1. The quantitative estimate of drug-likeness (QED) is 0.645. The SMILES string of the molecule is O=c1[nH]n(C2CC2)c2c1CNCC2. The summed E-state index contributed by atoms with van der Waals surface area (Å²) in [7, 11) is 0. The summed E-state index contributed by atoms with van der Waals surface area (Å²) in [6.07, 6.45) is 3.44. The molecule has 0 atom stereocenters. The maximum atomic E-state index is 11.5. The van der Waals surface area contributed by atoms with Crippen LogP contribution in [0.5, 0.6) is 0 Å². The zero-order valence-electron chi connectivity index (χ0n) is 7.47. The molecular weight excluding hydrogens is 166 g/mol. The van der Waals surface area contributed by atoms with Crippen LogP contribution in [0, 0.1) is 0 Å². The van der Waals surface area contributed by atoms with E-state index in [1.165, 1.54) is 18.5 Å². The number of nitrogens with one attached hydrogen (secondary N) is 2. The summed E-state index contributed by atoms with van der Waals surface area (Å²) in [4.78, 5) is 11.5. The first kappa shape index (κ1) is 7.38. The Hall–Kier alpha value is -1.03. The summed E-state index contributed by atoms with van der Waals surface area (Å²) in [6, 6.07) is 0.592. The first-order chi connectivity index (χ1) is 6.36. The number of hydrogen-bond acceptors (Lipinski definition) is 2. The number of hydrogen-bond donors (Lipinski definition) is 2. The summed E-state index contributed by atoms with van der Waals surface area (Å²) in [5.74, 6) is 0. The third-order valence-electron chi connectivity index (χ3n) is 2.89. The maximum absolute atomic E-state index is 11.5. The van der Waals surface area contributed by atoms with Crippen molar-refractivity contribution in [3.8, 4) is 0 Å². The Morgan fingerprint density at radius 3 is 3.00 bits per heavy atom. The molecule has 70 valence electrons. The van der Waals surface area contributed by atoms with E-state index in [0.717, 1.165) is 25.1 Å². The van der Waals surface area contributed by atoms with Crippen LogP contribution in [-0.2, 0) is 13.0 Å². The average molecular weight is 179 g/mol. The van der Waals surface area contributed by atoms with E-state index >= 15 is 0 Å². The van der Waals surface area contributed by atoms with Gasteiger partial charge in [0.2, 0.25) is 0 Å². The molecule has 0 saturated heterocycles. The van der Waals surface area contributed by atoms with Crippen molar-refractivity contribution in [2.24, 2.45) is 0 Å². The fourth-order valence-electron chi connectivity index (χ4n) is 2.04. The highest BCUT2D eigenvalue weighted by molar-refractivity contribution is 5.22. The van der Waals surface area contributed by atoms with Crippen LogP contribution in [0.1, 0.15) is 30.1 Å². The van der Waals surface area contributed by atoms with Gasteiger partial charge in [0.15, 0.2) is 0 Å². The van der Waals surface area contributed by atoms with E-state index in [1.807, 2.05) is 0 Å². The molecule has 0 spiro atoms.